The lowest BCUT2D eigenvalue weighted by Gasteiger charge is -2.27. The number of hydrogen-bond acceptors (Lipinski definition) is 6. The molecule has 3 rings (SSSR count). The van der Waals surface area contributed by atoms with Crippen LogP contribution < -0.4 is 10.6 Å². The first-order chi connectivity index (χ1) is 12.6. The van der Waals surface area contributed by atoms with Crippen molar-refractivity contribution in [3.05, 3.63) is 35.5 Å². The second kappa shape index (κ2) is 10.3. The molecule has 0 unspecified atom stereocenters. The molecule has 0 radical (unpaired) electrons. The van der Waals surface area contributed by atoms with E-state index in [1.807, 2.05) is 0 Å². The third-order valence-electron chi connectivity index (χ3n) is 4.42. The molecule has 1 aliphatic heterocycles. The van der Waals surface area contributed by atoms with E-state index in [1.165, 1.54) is 6.07 Å². The van der Waals surface area contributed by atoms with E-state index in [-0.39, 0.29) is 30.6 Å². The molecule has 7 nitrogen and oxygen atoms in total. The molecular weight excluding hydrogens is 373 g/mol. The van der Waals surface area contributed by atoms with E-state index in [0.29, 0.717) is 35.8 Å². The lowest BCUT2D eigenvalue weighted by molar-refractivity contribution is -0.121. The molecule has 1 fully saturated rings. The Bertz CT molecular complexity index is 749. The Morgan fingerprint density at radius 1 is 1.37 bits per heavy atom. The number of aryl methyl sites for hydroxylation is 2. The van der Waals surface area contributed by atoms with Crippen LogP contribution in [0.4, 0.5) is 4.39 Å². The minimum atomic E-state index is -0.308. The monoisotopic (exact) mass is 397 g/mol. The minimum Gasteiger partial charge on any atom is -0.355 e. The molecular formula is C18H25ClFN5O2. The van der Waals surface area contributed by atoms with Gasteiger partial charge in [0.05, 0.1) is 0 Å². The lowest BCUT2D eigenvalue weighted by Crippen LogP contribution is -2.46. The maximum Gasteiger partial charge on any atom is 0.227 e. The number of rotatable bonds is 7. The van der Waals surface area contributed by atoms with Crippen molar-refractivity contribution in [2.24, 2.45) is 0 Å². The van der Waals surface area contributed by atoms with Crippen molar-refractivity contribution < 1.29 is 13.7 Å². The van der Waals surface area contributed by atoms with Gasteiger partial charge in [-0.1, -0.05) is 17.3 Å². The first-order valence-corrected chi connectivity index (χ1v) is 8.91. The molecule has 0 atom stereocenters. The van der Waals surface area contributed by atoms with Crippen LogP contribution in [0.15, 0.2) is 22.7 Å². The zero-order valence-corrected chi connectivity index (χ0v) is 16.1. The maximum absolute atomic E-state index is 13.6. The highest BCUT2D eigenvalue weighted by atomic mass is 35.5. The number of aromatic nitrogens is 2. The van der Waals surface area contributed by atoms with Crippen LogP contribution in [0.5, 0.6) is 0 Å². The molecule has 9 heteroatoms. The Morgan fingerprint density at radius 2 is 2.15 bits per heavy atom. The van der Waals surface area contributed by atoms with Crippen LogP contribution in [0.25, 0.3) is 11.4 Å². The number of nitrogens with one attached hydrogen (secondary N) is 2. The quantitative estimate of drug-likeness (QED) is 0.737. The summed E-state index contributed by atoms with van der Waals surface area (Å²) in [6.07, 6.45) is 0.645. The Morgan fingerprint density at radius 3 is 2.89 bits per heavy atom. The van der Waals surface area contributed by atoms with Crippen LogP contribution in [0.1, 0.15) is 17.9 Å². The van der Waals surface area contributed by atoms with Gasteiger partial charge in [-0.15, -0.1) is 12.4 Å². The first kappa shape index (κ1) is 21.3. The summed E-state index contributed by atoms with van der Waals surface area (Å²) < 4.78 is 18.8. The number of piperazine rings is 1. The Labute approximate surface area is 164 Å². The second-order valence-corrected chi connectivity index (χ2v) is 6.42. The highest BCUT2D eigenvalue weighted by Gasteiger charge is 2.13. The van der Waals surface area contributed by atoms with E-state index in [2.05, 4.69) is 25.7 Å². The average molecular weight is 398 g/mol. The molecule has 0 bridgehead atoms. The predicted molar refractivity (Wildman–Crippen MR) is 102 cm³/mol. The number of halogens is 2. The van der Waals surface area contributed by atoms with Crippen molar-refractivity contribution in [1.29, 1.82) is 0 Å². The summed E-state index contributed by atoms with van der Waals surface area (Å²) in [5, 5.41) is 10.1. The number of amides is 1. The normalized spacial score (nSPS) is 14.6. The first-order valence-electron chi connectivity index (χ1n) is 8.91. The van der Waals surface area contributed by atoms with Gasteiger partial charge < -0.3 is 15.2 Å². The fourth-order valence-corrected chi connectivity index (χ4v) is 2.80. The number of carbonyl (C=O) groups excluding carboxylic acids is 1. The van der Waals surface area contributed by atoms with Crippen molar-refractivity contribution in [2.75, 3.05) is 39.3 Å². The molecule has 1 amide bonds. The molecule has 2 aromatic rings. The smallest absolute Gasteiger partial charge is 0.227 e. The summed E-state index contributed by atoms with van der Waals surface area (Å²) in [5.74, 6) is 0.357. The van der Waals surface area contributed by atoms with Gasteiger partial charge in [-0.2, -0.15) is 4.98 Å². The molecule has 1 aromatic carbocycles. The van der Waals surface area contributed by atoms with E-state index >= 15 is 0 Å². The van der Waals surface area contributed by atoms with Crippen molar-refractivity contribution in [3.63, 3.8) is 0 Å². The van der Waals surface area contributed by atoms with Gasteiger partial charge in [-0.3, -0.25) is 9.69 Å². The van der Waals surface area contributed by atoms with Gasteiger partial charge >= 0.3 is 0 Å². The standard InChI is InChI=1S/C18H24FN5O2.ClH/c1-13-2-3-14(12-15(13)19)18-22-17(26-23-18)5-4-16(25)21-8-11-24-9-6-20-7-10-24;/h2-3,12,20H,4-11H2,1H3,(H,21,25);1H. The third-order valence-corrected chi connectivity index (χ3v) is 4.42. The molecule has 148 valence electrons. The Hall–Kier alpha value is -2.03. The van der Waals surface area contributed by atoms with Crippen molar-refractivity contribution >= 4 is 18.3 Å². The molecule has 1 aromatic heterocycles. The molecule has 1 saturated heterocycles. The van der Waals surface area contributed by atoms with E-state index in [4.69, 9.17) is 4.52 Å². The summed E-state index contributed by atoms with van der Waals surface area (Å²) in [7, 11) is 0. The van der Waals surface area contributed by atoms with Gasteiger partial charge in [-0.25, -0.2) is 4.39 Å². The summed E-state index contributed by atoms with van der Waals surface area (Å²) in [4.78, 5) is 18.5. The van der Waals surface area contributed by atoms with Crippen molar-refractivity contribution in [2.45, 2.75) is 19.8 Å². The van der Waals surface area contributed by atoms with Crippen LogP contribution in [-0.4, -0.2) is 60.2 Å². The number of benzene rings is 1. The molecule has 0 saturated carbocycles. The van der Waals surface area contributed by atoms with Gasteiger partial charge in [0.2, 0.25) is 17.6 Å². The van der Waals surface area contributed by atoms with E-state index in [0.717, 1.165) is 32.7 Å². The fraction of sp³-hybridized carbons (Fsp3) is 0.500. The topological polar surface area (TPSA) is 83.3 Å². The molecule has 27 heavy (non-hydrogen) atoms. The number of carbonyl (C=O) groups is 1. The summed E-state index contributed by atoms with van der Waals surface area (Å²) in [5.41, 5.74) is 1.12. The van der Waals surface area contributed by atoms with Crippen molar-refractivity contribution in [3.8, 4) is 11.4 Å². The Balaban J connectivity index is 0.00000261. The zero-order chi connectivity index (χ0) is 18.4. The van der Waals surface area contributed by atoms with Gasteiger partial charge in [-0.05, 0) is 18.6 Å². The summed E-state index contributed by atoms with van der Waals surface area (Å²) >= 11 is 0. The summed E-state index contributed by atoms with van der Waals surface area (Å²) in [6, 6.07) is 4.80. The highest BCUT2D eigenvalue weighted by Crippen LogP contribution is 2.19. The van der Waals surface area contributed by atoms with E-state index in [9.17, 15) is 9.18 Å². The van der Waals surface area contributed by atoms with Gasteiger partial charge in [0, 0.05) is 57.7 Å². The largest absolute Gasteiger partial charge is 0.355 e. The van der Waals surface area contributed by atoms with Gasteiger partial charge in [0.15, 0.2) is 0 Å². The minimum absolute atomic E-state index is 0. The highest BCUT2D eigenvalue weighted by molar-refractivity contribution is 5.85. The fourth-order valence-electron chi connectivity index (χ4n) is 2.80. The second-order valence-electron chi connectivity index (χ2n) is 6.42. The SMILES string of the molecule is Cc1ccc(-c2noc(CCC(=O)NCCN3CCNCC3)n2)cc1F.Cl. The van der Waals surface area contributed by atoms with Crippen molar-refractivity contribution in [1.82, 2.24) is 25.7 Å². The number of hydrogen-bond donors (Lipinski definition) is 2. The van der Waals surface area contributed by atoms with Crippen LogP contribution in [0, 0.1) is 12.7 Å². The number of nitrogens with zero attached hydrogens (tertiary/aromatic N) is 3. The van der Waals surface area contributed by atoms with Crippen LogP contribution in [0.2, 0.25) is 0 Å². The maximum atomic E-state index is 13.6. The molecule has 0 spiro atoms. The molecule has 2 N–H and O–H groups in total. The van der Waals surface area contributed by atoms with Gasteiger partial charge in [0.25, 0.3) is 0 Å². The summed E-state index contributed by atoms with van der Waals surface area (Å²) in [6.45, 7) is 7.21. The van der Waals surface area contributed by atoms with E-state index in [1.54, 1.807) is 19.1 Å². The lowest BCUT2D eigenvalue weighted by atomic mass is 10.1. The van der Waals surface area contributed by atoms with Crippen LogP contribution >= 0.6 is 12.4 Å². The molecule has 1 aliphatic rings. The van der Waals surface area contributed by atoms with Crippen LogP contribution in [0.3, 0.4) is 0 Å². The molecule has 0 aliphatic carbocycles. The average Bonchev–Trinajstić information content (AvgIpc) is 3.12. The Kier molecular flexibility index (Phi) is 8.15. The van der Waals surface area contributed by atoms with E-state index < -0.39 is 0 Å². The zero-order valence-electron chi connectivity index (χ0n) is 15.3. The predicted octanol–water partition coefficient (Wildman–Crippen LogP) is 1.56. The van der Waals surface area contributed by atoms with Gasteiger partial charge in [0.1, 0.15) is 5.82 Å². The third kappa shape index (κ3) is 6.27. The molecule has 2 heterocycles. The van der Waals surface area contributed by atoms with Crippen LogP contribution in [-0.2, 0) is 11.2 Å².